The fourth-order valence-corrected chi connectivity index (χ4v) is 4.30. The zero-order valence-corrected chi connectivity index (χ0v) is 19.5. The Morgan fingerprint density at radius 2 is 1.84 bits per heavy atom. The molecule has 8 nitrogen and oxygen atoms in total. The number of carbonyl (C=O) groups excluding carboxylic acids is 1. The van der Waals surface area contributed by atoms with Crippen LogP contribution in [0.5, 0.6) is 0 Å². The minimum Gasteiger partial charge on any atom is -0.461 e. The average molecular weight is 457 g/mol. The number of ether oxygens (including phenoxy) is 1. The van der Waals surface area contributed by atoms with Crippen molar-refractivity contribution in [2.75, 3.05) is 33.0 Å². The number of esters is 1. The summed E-state index contributed by atoms with van der Waals surface area (Å²) in [7, 11) is 0.0666. The minimum absolute atomic E-state index is 0.0980. The second-order valence-corrected chi connectivity index (χ2v) is 10.3. The number of nitrogens with two attached hydrogens (primary N) is 1. The highest BCUT2D eigenvalue weighted by molar-refractivity contribution is 7.90. The van der Waals surface area contributed by atoms with Crippen LogP contribution >= 0.6 is 0 Å². The summed E-state index contributed by atoms with van der Waals surface area (Å²) in [6.45, 7) is 4.05. The third-order valence-electron chi connectivity index (χ3n) is 4.93. The van der Waals surface area contributed by atoms with Crippen molar-refractivity contribution in [2.24, 2.45) is 0 Å². The van der Waals surface area contributed by atoms with Crippen LogP contribution in [0.15, 0.2) is 54.6 Å². The van der Waals surface area contributed by atoms with E-state index < -0.39 is 21.2 Å². The van der Waals surface area contributed by atoms with Gasteiger partial charge in [0.2, 0.25) is 16.0 Å². The van der Waals surface area contributed by atoms with Gasteiger partial charge in [0.15, 0.2) is 0 Å². The standard InChI is InChI=1S/C23H28N4O4S/c1-16(2)32(29,30)27-21-14-18(10-11-20(21)25-23(27)24)19(17-8-6-5-7-9-17)15-22(28)31-13-12-26(3)4/h5-11,14-16H,12-13H2,1-4H3,(H2,24,25)/b19-15-. The highest BCUT2D eigenvalue weighted by Crippen LogP contribution is 2.29. The second-order valence-electron chi connectivity index (χ2n) is 7.93. The lowest BCUT2D eigenvalue weighted by Crippen LogP contribution is -2.23. The number of anilines is 1. The van der Waals surface area contributed by atoms with Crippen molar-refractivity contribution < 1.29 is 17.9 Å². The first-order valence-electron chi connectivity index (χ1n) is 10.2. The normalized spacial score (nSPS) is 12.6. The number of nitrogens with zero attached hydrogens (tertiary/aromatic N) is 3. The topological polar surface area (TPSA) is 108 Å². The Hall–Kier alpha value is -3.17. The van der Waals surface area contributed by atoms with Gasteiger partial charge in [-0.1, -0.05) is 36.4 Å². The molecule has 1 aromatic heterocycles. The number of nitrogen functional groups attached to an aromatic ring is 1. The molecule has 0 fully saturated rings. The number of carbonyl (C=O) groups is 1. The summed E-state index contributed by atoms with van der Waals surface area (Å²) in [6, 6.07) is 14.5. The minimum atomic E-state index is -3.73. The fourth-order valence-electron chi connectivity index (χ4n) is 3.16. The number of aromatic nitrogens is 2. The quantitative estimate of drug-likeness (QED) is 0.410. The molecule has 0 radical (unpaired) electrons. The van der Waals surface area contributed by atoms with Crippen LogP contribution in [0.1, 0.15) is 25.0 Å². The van der Waals surface area contributed by atoms with E-state index >= 15 is 0 Å². The van der Waals surface area contributed by atoms with Gasteiger partial charge in [-0.25, -0.2) is 22.2 Å². The highest BCUT2D eigenvalue weighted by atomic mass is 32.2. The van der Waals surface area contributed by atoms with Crippen LogP contribution in [0.4, 0.5) is 5.95 Å². The van der Waals surface area contributed by atoms with Gasteiger partial charge in [-0.15, -0.1) is 0 Å². The molecule has 170 valence electrons. The summed E-state index contributed by atoms with van der Waals surface area (Å²) in [5.41, 5.74) is 8.81. The van der Waals surface area contributed by atoms with Crippen molar-refractivity contribution in [1.29, 1.82) is 0 Å². The molecule has 0 saturated heterocycles. The molecule has 0 saturated carbocycles. The Balaban J connectivity index is 2.12. The van der Waals surface area contributed by atoms with Crippen molar-refractivity contribution >= 4 is 38.5 Å². The third-order valence-corrected chi connectivity index (χ3v) is 7.01. The van der Waals surface area contributed by atoms with Crippen LogP contribution in [0.3, 0.4) is 0 Å². The summed E-state index contributed by atoms with van der Waals surface area (Å²) in [4.78, 5) is 18.6. The number of fused-ring (bicyclic) bond motifs is 1. The molecule has 0 spiro atoms. The largest absolute Gasteiger partial charge is 0.461 e. The van der Waals surface area contributed by atoms with E-state index in [4.69, 9.17) is 10.5 Å². The summed E-state index contributed by atoms with van der Waals surface area (Å²) in [6.07, 6.45) is 1.42. The molecule has 1 heterocycles. The van der Waals surface area contributed by atoms with Crippen molar-refractivity contribution in [1.82, 2.24) is 13.9 Å². The van der Waals surface area contributed by atoms with Gasteiger partial charge in [-0.05, 0) is 56.8 Å². The number of likely N-dealkylation sites (N-methyl/N-ethyl adjacent to an activating group) is 1. The van der Waals surface area contributed by atoms with E-state index in [1.807, 2.05) is 49.3 Å². The van der Waals surface area contributed by atoms with E-state index in [9.17, 15) is 13.2 Å². The van der Waals surface area contributed by atoms with Gasteiger partial charge in [0.05, 0.1) is 16.3 Å². The van der Waals surface area contributed by atoms with Gasteiger partial charge in [-0.2, -0.15) is 0 Å². The molecule has 3 rings (SSSR count). The van der Waals surface area contributed by atoms with E-state index in [1.165, 1.54) is 6.08 Å². The Morgan fingerprint density at radius 3 is 2.47 bits per heavy atom. The molecule has 3 aromatic rings. The summed E-state index contributed by atoms with van der Waals surface area (Å²) in [5.74, 6) is -0.576. The monoisotopic (exact) mass is 456 g/mol. The molecular formula is C23H28N4O4S. The molecule has 0 atom stereocenters. The summed E-state index contributed by atoms with van der Waals surface area (Å²) >= 11 is 0. The predicted octanol–water partition coefficient (Wildman–Crippen LogP) is 2.74. The van der Waals surface area contributed by atoms with E-state index in [-0.39, 0.29) is 12.6 Å². The number of imidazole rings is 1. The van der Waals surface area contributed by atoms with Crippen LogP contribution in [0, 0.1) is 0 Å². The van der Waals surface area contributed by atoms with Crippen molar-refractivity contribution in [3.63, 3.8) is 0 Å². The number of hydrogen-bond donors (Lipinski definition) is 1. The molecule has 32 heavy (non-hydrogen) atoms. The Labute approximate surface area is 188 Å². The van der Waals surface area contributed by atoms with Gasteiger partial charge >= 0.3 is 5.97 Å². The van der Waals surface area contributed by atoms with Crippen LogP contribution in [-0.2, 0) is 19.6 Å². The van der Waals surface area contributed by atoms with Gasteiger partial charge < -0.3 is 15.4 Å². The van der Waals surface area contributed by atoms with Gasteiger partial charge in [0, 0.05) is 12.6 Å². The fraction of sp³-hybridized carbons (Fsp3) is 0.304. The molecule has 0 amide bonds. The van der Waals surface area contributed by atoms with Gasteiger partial charge in [0.25, 0.3) is 0 Å². The molecule has 2 aromatic carbocycles. The van der Waals surface area contributed by atoms with Crippen molar-refractivity contribution in [2.45, 2.75) is 19.1 Å². The van der Waals surface area contributed by atoms with Gasteiger partial charge in [0.1, 0.15) is 6.61 Å². The zero-order valence-electron chi connectivity index (χ0n) is 18.6. The lowest BCUT2D eigenvalue weighted by molar-refractivity contribution is -0.137. The summed E-state index contributed by atoms with van der Waals surface area (Å²) < 4.78 is 32.2. The molecule has 0 bridgehead atoms. The third kappa shape index (κ3) is 5.00. The van der Waals surface area contributed by atoms with Crippen LogP contribution in [0.2, 0.25) is 0 Å². The van der Waals surface area contributed by atoms with Crippen molar-refractivity contribution in [3.05, 3.63) is 65.7 Å². The Morgan fingerprint density at radius 1 is 1.16 bits per heavy atom. The van der Waals surface area contributed by atoms with Crippen LogP contribution in [0.25, 0.3) is 16.6 Å². The highest BCUT2D eigenvalue weighted by Gasteiger charge is 2.25. The predicted molar refractivity (Wildman–Crippen MR) is 127 cm³/mol. The first-order chi connectivity index (χ1) is 15.1. The first kappa shape index (κ1) is 23.5. The molecule has 0 aliphatic carbocycles. The Bertz CT molecular complexity index is 1250. The number of hydrogen-bond acceptors (Lipinski definition) is 7. The maximum Gasteiger partial charge on any atom is 0.331 e. The molecular weight excluding hydrogens is 428 g/mol. The molecule has 9 heteroatoms. The van der Waals surface area contributed by atoms with Crippen LogP contribution < -0.4 is 5.73 Å². The second kappa shape index (κ2) is 9.54. The number of benzene rings is 2. The zero-order chi connectivity index (χ0) is 23.5. The maximum atomic E-state index is 12.9. The van der Waals surface area contributed by atoms with E-state index in [0.717, 1.165) is 9.54 Å². The van der Waals surface area contributed by atoms with Crippen LogP contribution in [-0.4, -0.2) is 60.7 Å². The average Bonchev–Trinajstić information content (AvgIpc) is 3.07. The van der Waals surface area contributed by atoms with Gasteiger partial charge in [-0.3, -0.25) is 0 Å². The number of rotatable bonds is 8. The summed E-state index contributed by atoms with van der Waals surface area (Å²) in [5, 5.41) is -0.679. The lowest BCUT2D eigenvalue weighted by atomic mass is 9.97. The molecule has 2 N–H and O–H groups in total. The van der Waals surface area contributed by atoms with Crippen molar-refractivity contribution in [3.8, 4) is 0 Å². The maximum absolute atomic E-state index is 12.9. The molecule has 0 unspecified atom stereocenters. The lowest BCUT2D eigenvalue weighted by Gasteiger charge is -2.13. The smallest absolute Gasteiger partial charge is 0.331 e. The molecule has 0 aliphatic rings. The SMILES string of the molecule is CC(C)S(=O)(=O)n1c(N)nc2ccc(/C(=C\C(=O)OCCN(C)C)c3ccccc3)cc21. The van der Waals surface area contributed by atoms with E-state index in [1.54, 1.807) is 32.0 Å². The molecule has 0 aliphatic heterocycles. The Kier molecular flexibility index (Phi) is 7.00. The van der Waals surface area contributed by atoms with E-state index in [0.29, 0.717) is 28.7 Å². The first-order valence-corrected chi connectivity index (χ1v) is 11.7. The van der Waals surface area contributed by atoms with E-state index in [2.05, 4.69) is 4.98 Å².